The molecule has 0 aromatic heterocycles. The largest absolute Gasteiger partial charge is 0.398 e. The van der Waals surface area contributed by atoms with Gasteiger partial charge in [-0.3, -0.25) is 0 Å². The van der Waals surface area contributed by atoms with E-state index in [9.17, 15) is 12.8 Å². The second-order valence-electron chi connectivity index (χ2n) is 5.05. The molecule has 1 saturated heterocycles. The molecule has 0 bridgehead atoms. The predicted molar refractivity (Wildman–Crippen MR) is 74.3 cm³/mol. The minimum atomic E-state index is -3.75. The predicted octanol–water partition coefficient (Wildman–Crippen LogP) is 1.42. The third kappa shape index (κ3) is 3.47. The van der Waals surface area contributed by atoms with Crippen molar-refractivity contribution in [2.75, 3.05) is 25.5 Å². The highest BCUT2D eigenvalue weighted by Gasteiger charge is 2.20. The van der Waals surface area contributed by atoms with Crippen molar-refractivity contribution < 1.29 is 17.5 Å². The highest BCUT2D eigenvalue weighted by Crippen LogP contribution is 2.21. The molecule has 5 nitrogen and oxygen atoms in total. The van der Waals surface area contributed by atoms with E-state index in [0.717, 1.165) is 25.5 Å². The molecular formula is C13H19FN2O3S. The summed E-state index contributed by atoms with van der Waals surface area (Å²) in [6, 6.07) is 2.27. The summed E-state index contributed by atoms with van der Waals surface area (Å²) in [5.74, 6) is -0.461. The van der Waals surface area contributed by atoms with Gasteiger partial charge in [0.25, 0.3) is 0 Å². The van der Waals surface area contributed by atoms with Crippen LogP contribution < -0.4 is 10.5 Å². The number of sulfonamides is 1. The normalized spacial score (nSPS) is 20.0. The molecule has 0 spiro atoms. The number of benzene rings is 1. The van der Waals surface area contributed by atoms with Crippen LogP contribution in [0.3, 0.4) is 0 Å². The van der Waals surface area contributed by atoms with Gasteiger partial charge in [-0.2, -0.15) is 0 Å². The summed E-state index contributed by atoms with van der Waals surface area (Å²) in [4.78, 5) is -0.144. The smallest absolute Gasteiger partial charge is 0.240 e. The Bertz CT molecular complexity index is 560. The Hall–Kier alpha value is -1.18. The number of nitrogen functional groups attached to an aromatic ring is 1. The molecule has 1 heterocycles. The number of nitrogens with two attached hydrogens (primary N) is 1. The van der Waals surface area contributed by atoms with Crippen LogP contribution in [0.5, 0.6) is 0 Å². The summed E-state index contributed by atoms with van der Waals surface area (Å²) < 4.78 is 45.6. The van der Waals surface area contributed by atoms with Crippen LogP contribution in [0.2, 0.25) is 0 Å². The zero-order valence-corrected chi connectivity index (χ0v) is 12.2. The lowest BCUT2D eigenvalue weighted by molar-refractivity contribution is 0.0568. The van der Waals surface area contributed by atoms with Crippen molar-refractivity contribution in [3.63, 3.8) is 0 Å². The van der Waals surface area contributed by atoms with Gasteiger partial charge in [0.2, 0.25) is 10.0 Å². The number of halogens is 1. The minimum Gasteiger partial charge on any atom is -0.398 e. The Labute approximate surface area is 118 Å². The molecule has 112 valence electrons. The molecule has 1 aliphatic rings. The first-order valence-corrected chi connectivity index (χ1v) is 8.01. The van der Waals surface area contributed by atoms with E-state index in [0.29, 0.717) is 6.61 Å². The highest BCUT2D eigenvalue weighted by atomic mass is 32.2. The molecule has 20 heavy (non-hydrogen) atoms. The topological polar surface area (TPSA) is 81.4 Å². The van der Waals surface area contributed by atoms with E-state index in [-0.39, 0.29) is 28.6 Å². The Morgan fingerprint density at radius 1 is 1.50 bits per heavy atom. The second-order valence-corrected chi connectivity index (χ2v) is 6.82. The lowest BCUT2D eigenvalue weighted by Crippen LogP contribution is -2.33. The van der Waals surface area contributed by atoms with Crippen molar-refractivity contribution in [1.29, 1.82) is 0 Å². The molecule has 1 atom stereocenters. The summed E-state index contributed by atoms with van der Waals surface area (Å²) >= 11 is 0. The van der Waals surface area contributed by atoms with E-state index in [1.165, 1.54) is 13.0 Å². The van der Waals surface area contributed by atoms with Gasteiger partial charge in [0.05, 0.1) is 11.5 Å². The molecule has 1 aromatic rings. The Morgan fingerprint density at radius 3 is 2.85 bits per heavy atom. The Balaban J connectivity index is 2.10. The maximum atomic E-state index is 13.6. The first-order valence-electron chi connectivity index (χ1n) is 6.53. The number of hydrogen-bond acceptors (Lipinski definition) is 4. The van der Waals surface area contributed by atoms with Gasteiger partial charge in [-0.25, -0.2) is 17.5 Å². The fourth-order valence-corrected chi connectivity index (χ4v) is 3.27. The van der Waals surface area contributed by atoms with E-state index in [1.54, 1.807) is 0 Å². The average Bonchev–Trinajstić information content (AvgIpc) is 2.43. The number of anilines is 1. The molecule has 0 amide bonds. The van der Waals surface area contributed by atoms with Gasteiger partial charge in [0.15, 0.2) is 0 Å². The van der Waals surface area contributed by atoms with Gasteiger partial charge in [0.1, 0.15) is 5.82 Å². The highest BCUT2D eigenvalue weighted by molar-refractivity contribution is 7.89. The second kappa shape index (κ2) is 6.07. The first kappa shape index (κ1) is 15.2. The molecule has 7 heteroatoms. The average molecular weight is 302 g/mol. The standard InChI is InChI=1S/C13H19FN2O3S/c1-9-12(14)5-11(6-13(9)15)20(17,18)16-7-10-3-2-4-19-8-10/h5-6,10,16H,2-4,7-8,15H2,1H3. The lowest BCUT2D eigenvalue weighted by Gasteiger charge is -2.22. The van der Waals surface area contributed by atoms with Gasteiger partial charge in [-0.05, 0) is 37.8 Å². The maximum Gasteiger partial charge on any atom is 0.240 e. The van der Waals surface area contributed by atoms with Crippen molar-refractivity contribution >= 4 is 15.7 Å². The SMILES string of the molecule is Cc1c(N)cc(S(=O)(=O)NCC2CCCOC2)cc1F. The fraction of sp³-hybridized carbons (Fsp3) is 0.538. The number of hydrogen-bond donors (Lipinski definition) is 2. The maximum absolute atomic E-state index is 13.6. The Kier molecular flexibility index (Phi) is 4.62. The van der Waals surface area contributed by atoms with Crippen LogP contribution in [0, 0.1) is 18.7 Å². The summed E-state index contributed by atoms with van der Waals surface area (Å²) in [5.41, 5.74) is 5.99. The minimum absolute atomic E-state index is 0.131. The van der Waals surface area contributed by atoms with Crippen molar-refractivity contribution in [2.24, 2.45) is 5.92 Å². The molecule has 1 unspecified atom stereocenters. The van der Waals surface area contributed by atoms with Gasteiger partial charge < -0.3 is 10.5 Å². The van der Waals surface area contributed by atoms with Crippen LogP contribution in [-0.2, 0) is 14.8 Å². The van der Waals surface area contributed by atoms with E-state index >= 15 is 0 Å². The molecule has 1 fully saturated rings. The van der Waals surface area contributed by atoms with Gasteiger partial charge in [-0.15, -0.1) is 0 Å². The van der Waals surface area contributed by atoms with Crippen LogP contribution in [0.15, 0.2) is 17.0 Å². The van der Waals surface area contributed by atoms with E-state index in [2.05, 4.69) is 4.72 Å². The van der Waals surface area contributed by atoms with Gasteiger partial charge in [-0.1, -0.05) is 0 Å². The van der Waals surface area contributed by atoms with Crippen LogP contribution in [-0.4, -0.2) is 28.2 Å². The van der Waals surface area contributed by atoms with Gasteiger partial charge in [0, 0.05) is 24.4 Å². The summed E-state index contributed by atoms with van der Waals surface area (Å²) in [5, 5.41) is 0. The summed E-state index contributed by atoms with van der Waals surface area (Å²) in [6.45, 7) is 3.07. The molecule has 3 N–H and O–H groups in total. The quantitative estimate of drug-likeness (QED) is 0.824. The number of nitrogens with one attached hydrogen (secondary N) is 1. The van der Waals surface area contributed by atoms with Crippen LogP contribution in [0.1, 0.15) is 18.4 Å². The Morgan fingerprint density at radius 2 is 2.25 bits per heavy atom. The van der Waals surface area contributed by atoms with Crippen molar-refractivity contribution in [3.05, 3.63) is 23.5 Å². The number of ether oxygens (including phenoxy) is 1. The van der Waals surface area contributed by atoms with Gasteiger partial charge >= 0.3 is 0 Å². The summed E-state index contributed by atoms with van der Waals surface area (Å²) in [6.07, 6.45) is 1.85. The molecule has 1 aromatic carbocycles. The zero-order valence-electron chi connectivity index (χ0n) is 11.4. The molecule has 2 rings (SSSR count). The van der Waals surface area contributed by atoms with Crippen molar-refractivity contribution in [3.8, 4) is 0 Å². The third-order valence-corrected chi connectivity index (χ3v) is 4.89. The molecule has 1 aliphatic heterocycles. The lowest BCUT2D eigenvalue weighted by atomic mass is 10.0. The monoisotopic (exact) mass is 302 g/mol. The van der Waals surface area contributed by atoms with Crippen LogP contribution in [0.25, 0.3) is 0 Å². The molecular weight excluding hydrogens is 283 g/mol. The van der Waals surface area contributed by atoms with E-state index < -0.39 is 15.8 Å². The molecule has 0 saturated carbocycles. The van der Waals surface area contributed by atoms with Crippen LogP contribution >= 0.6 is 0 Å². The van der Waals surface area contributed by atoms with Crippen LogP contribution in [0.4, 0.5) is 10.1 Å². The number of rotatable bonds is 4. The summed E-state index contributed by atoms with van der Waals surface area (Å²) in [7, 11) is -3.75. The van der Waals surface area contributed by atoms with E-state index in [1.807, 2.05) is 0 Å². The molecule has 0 aliphatic carbocycles. The fourth-order valence-electron chi connectivity index (χ4n) is 2.11. The van der Waals surface area contributed by atoms with E-state index in [4.69, 9.17) is 10.5 Å². The van der Waals surface area contributed by atoms with Crippen molar-refractivity contribution in [1.82, 2.24) is 4.72 Å². The van der Waals surface area contributed by atoms with Crippen molar-refractivity contribution in [2.45, 2.75) is 24.7 Å². The third-order valence-electron chi connectivity index (χ3n) is 3.48. The zero-order chi connectivity index (χ0) is 14.8. The first-order chi connectivity index (χ1) is 9.40. The molecule has 0 radical (unpaired) electrons.